The summed E-state index contributed by atoms with van der Waals surface area (Å²) in [6.45, 7) is 18.1. The van der Waals surface area contributed by atoms with Gasteiger partial charge in [0, 0.05) is 30.7 Å². The van der Waals surface area contributed by atoms with Crippen LogP contribution < -0.4 is 10.6 Å². The summed E-state index contributed by atoms with van der Waals surface area (Å²) in [7, 11) is 0. The summed E-state index contributed by atoms with van der Waals surface area (Å²) in [4.78, 5) is 35.7. The molecule has 1 saturated heterocycles. The van der Waals surface area contributed by atoms with Gasteiger partial charge in [0.05, 0.1) is 18.1 Å². The van der Waals surface area contributed by atoms with E-state index in [9.17, 15) is 14.4 Å². The Balaban J connectivity index is 0.000000548. The lowest BCUT2D eigenvalue weighted by molar-refractivity contribution is -0.118. The van der Waals surface area contributed by atoms with E-state index in [1.165, 1.54) is 24.8 Å². The molecule has 9 nitrogen and oxygen atoms in total. The minimum Gasteiger partial charge on any atom is -0.499 e. The Morgan fingerprint density at radius 2 is 1.85 bits per heavy atom. The lowest BCUT2D eigenvalue weighted by Gasteiger charge is -2.13. The second kappa shape index (κ2) is 22.0. The summed E-state index contributed by atoms with van der Waals surface area (Å²) in [6, 6.07) is 8.58. The van der Waals surface area contributed by atoms with Crippen LogP contribution in [0.3, 0.4) is 0 Å². The fourth-order valence-corrected chi connectivity index (χ4v) is 3.43. The van der Waals surface area contributed by atoms with Crippen molar-refractivity contribution in [2.45, 2.75) is 86.9 Å². The SMILES string of the molecule is C/C=C(C)\C=C(/C)OCC.CC(C)NC=O.CC1CCCN1C=O.Cc1ncoc1-c1ccc(CNC=O)cc1. The summed E-state index contributed by atoms with van der Waals surface area (Å²) in [5.74, 6) is 1.77. The average Bonchev–Trinajstić information content (AvgIpc) is 3.56. The number of nitrogens with one attached hydrogen (secondary N) is 2. The van der Waals surface area contributed by atoms with E-state index < -0.39 is 0 Å². The first kappa shape index (κ1) is 36.1. The molecule has 9 heteroatoms. The lowest BCUT2D eigenvalue weighted by atomic mass is 10.1. The van der Waals surface area contributed by atoms with Crippen molar-refractivity contribution in [3.63, 3.8) is 0 Å². The van der Waals surface area contributed by atoms with Crippen LogP contribution in [0.4, 0.5) is 0 Å². The summed E-state index contributed by atoms with van der Waals surface area (Å²) >= 11 is 0. The zero-order valence-electron chi connectivity index (χ0n) is 25.4. The molecular weight excluding hydrogens is 508 g/mol. The number of carbonyl (C=O) groups excluding carboxylic acids is 3. The van der Waals surface area contributed by atoms with Crippen LogP contribution in [0.1, 0.15) is 72.6 Å². The Kier molecular flexibility index (Phi) is 19.9. The van der Waals surface area contributed by atoms with Crippen molar-refractivity contribution < 1.29 is 23.5 Å². The van der Waals surface area contributed by atoms with E-state index in [4.69, 9.17) is 9.15 Å². The molecule has 40 heavy (non-hydrogen) atoms. The van der Waals surface area contributed by atoms with Crippen LogP contribution in [0.15, 0.2) is 58.6 Å². The van der Waals surface area contributed by atoms with Gasteiger partial charge in [-0.05, 0) is 79.9 Å². The predicted octanol–water partition coefficient (Wildman–Crippen LogP) is 5.56. The van der Waals surface area contributed by atoms with E-state index in [2.05, 4.69) is 35.5 Å². The van der Waals surface area contributed by atoms with Crippen LogP contribution in [0.5, 0.6) is 0 Å². The molecule has 1 aliphatic heterocycles. The van der Waals surface area contributed by atoms with Crippen molar-refractivity contribution in [3.05, 3.63) is 65.4 Å². The Bertz CT molecular complexity index is 1030. The van der Waals surface area contributed by atoms with Gasteiger partial charge in [-0.15, -0.1) is 0 Å². The topological polar surface area (TPSA) is 114 Å². The number of likely N-dealkylation sites (tertiary alicyclic amines) is 1. The number of hydrogen-bond donors (Lipinski definition) is 2. The summed E-state index contributed by atoms with van der Waals surface area (Å²) in [5, 5.41) is 5.14. The molecular formula is C31H48N4O5. The van der Waals surface area contributed by atoms with Crippen molar-refractivity contribution in [1.82, 2.24) is 20.5 Å². The van der Waals surface area contributed by atoms with Gasteiger partial charge in [-0.25, -0.2) is 4.98 Å². The fourth-order valence-electron chi connectivity index (χ4n) is 3.43. The molecule has 222 valence electrons. The molecule has 1 fully saturated rings. The van der Waals surface area contributed by atoms with E-state index in [0.29, 0.717) is 25.4 Å². The third kappa shape index (κ3) is 16.2. The Hall–Kier alpha value is -3.88. The number of benzene rings is 1. The number of nitrogens with zero attached hydrogens (tertiary/aromatic N) is 2. The number of allylic oxidation sites excluding steroid dienone is 4. The fraction of sp³-hybridized carbons (Fsp3) is 0.484. The molecule has 1 aromatic carbocycles. The molecule has 0 bridgehead atoms. The van der Waals surface area contributed by atoms with E-state index in [1.807, 2.05) is 76.8 Å². The molecule has 0 aliphatic carbocycles. The quantitative estimate of drug-likeness (QED) is 0.225. The van der Waals surface area contributed by atoms with Crippen molar-refractivity contribution in [2.24, 2.45) is 0 Å². The van der Waals surface area contributed by atoms with Gasteiger partial charge in [0.2, 0.25) is 19.2 Å². The lowest BCUT2D eigenvalue weighted by Crippen LogP contribution is -2.24. The van der Waals surface area contributed by atoms with Crippen LogP contribution in [-0.4, -0.2) is 54.3 Å². The second-order valence-electron chi connectivity index (χ2n) is 9.46. The highest BCUT2D eigenvalue weighted by atomic mass is 16.5. The first-order chi connectivity index (χ1) is 19.1. The highest BCUT2D eigenvalue weighted by Gasteiger charge is 2.16. The van der Waals surface area contributed by atoms with Crippen LogP contribution in [0.25, 0.3) is 11.3 Å². The standard InChI is InChI=1S/C12H12N2O2.C9H16O.C6H11NO.C4H9NO/c1-9-12(16-8-14-9)11-4-2-10(3-5-11)6-13-7-15;1-5-8(3)7-9(4)10-6-2;1-6-3-2-4-7(6)5-8;1-4(2)5-3-6/h2-5,7-8H,6H2,1H3,(H,13,15);5,7H,6H2,1-4H3;5-6H,2-4H2,1H3;3-4H,1-2H3,(H,5,6)/b;8-5-,9-7+;;. The average molecular weight is 557 g/mol. The third-order valence-corrected chi connectivity index (χ3v) is 5.75. The van der Waals surface area contributed by atoms with Crippen LogP contribution in [0, 0.1) is 6.92 Å². The molecule has 0 spiro atoms. The van der Waals surface area contributed by atoms with Gasteiger partial charge in [-0.1, -0.05) is 35.9 Å². The molecule has 0 radical (unpaired) electrons. The number of rotatable bonds is 10. The van der Waals surface area contributed by atoms with Gasteiger partial charge < -0.3 is 24.7 Å². The zero-order chi connectivity index (χ0) is 30.3. The minimum absolute atomic E-state index is 0.280. The third-order valence-electron chi connectivity index (χ3n) is 5.75. The molecule has 1 aromatic heterocycles. The largest absolute Gasteiger partial charge is 0.499 e. The van der Waals surface area contributed by atoms with Crippen LogP contribution in [-0.2, 0) is 25.7 Å². The maximum Gasteiger partial charge on any atom is 0.209 e. The first-order valence-electron chi connectivity index (χ1n) is 13.6. The number of oxazole rings is 1. The van der Waals surface area contributed by atoms with Gasteiger partial charge >= 0.3 is 0 Å². The molecule has 1 atom stereocenters. The molecule has 2 heterocycles. The molecule has 2 N–H and O–H groups in total. The smallest absolute Gasteiger partial charge is 0.209 e. The molecule has 1 unspecified atom stereocenters. The van der Waals surface area contributed by atoms with E-state index in [0.717, 1.165) is 47.9 Å². The minimum atomic E-state index is 0.280. The maximum atomic E-state index is 10.1. The van der Waals surface area contributed by atoms with Gasteiger partial charge in [-0.2, -0.15) is 0 Å². The van der Waals surface area contributed by atoms with Crippen molar-refractivity contribution in [1.29, 1.82) is 0 Å². The van der Waals surface area contributed by atoms with Crippen molar-refractivity contribution in [3.8, 4) is 11.3 Å². The number of aromatic nitrogens is 1. The molecule has 2 aromatic rings. The van der Waals surface area contributed by atoms with E-state index >= 15 is 0 Å². The molecule has 3 amide bonds. The number of aryl methyl sites for hydroxylation is 1. The normalized spacial score (nSPS) is 14.4. The Morgan fingerprint density at radius 3 is 2.23 bits per heavy atom. The van der Waals surface area contributed by atoms with Crippen LogP contribution >= 0.6 is 0 Å². The highest BCUT2D eigenvalue weighted by Crippen LogP contribution is 2.22. The van der Waals surface area contributed by atoms with Gasteiger partial charge in [0.15, 0.2) is 12.2 Å². The number of amides is 3. The Labute approximate surface area is 240 Å². The van der Waals surface area contributed by atoms with Crippen molar-refractivity contribution in [2.75, 3.05) is 13.2 Å². The van der Waals surface area contributed by atoms with Crippen molar-refractivity contribution >= 4 is 19.2 Å². The summed E-state index contributed by atoms with van der Waals surface area (Å²) in [5.41, 5.74) is 4.16. The van der Waals surface area contributed by atoms with E-state index in [-0.39, 0.29) is 6.04 Å². The highest BCUT2D eigenvalue weighted by molar-refractivity contribution is 5.59. The number of hydrogen-bond acceptors (Lipinski definition) is 6. The molecule has 0 saturated carbocycles. The summed E-state index contributed by atoms with van der Waals surface area (Å²) in [6.07, 6.45) is 10.2. The second-order valence-corrected chi connectivity index (χ2v) is 9.46. The number of ether oxygens (including phenoxy) is 1. The molecule has 1 aliphatic rings. The Morgan fingerprint density at radius 1 is 1.18 bits per heavy atom. The first-order valence-corrected chi connectivity index (χ1v) is 13.6. The van der Waals surface area contributed by atoms with Gasteiger partial charge in [-0.3, -0.25) is 14.4 Å². The monoisotopic (exact) mass is 556 g/mol. The number of carbonyl (C=O) groups is 3. The maximum absolute atomic E-state index is 10.1. The van der Waals surface area contributed by atoms with Gasteiger partial charge in [0.1, 0.15) is 0 Å². The predicted molar refractivity (Wildman–Crippen MR) is 160 cm³/mol. The summed E-state index contributed by atoms with van der Waals surface area (Å²) < 4.78 is 10.5. The zero-order valence-corrected chi connectivity index (χ0v) is 25.4. The van der Waals surface area contributed by atoms with Crippen LogP contribution in [0.2, 0.25) is 0 Å². The molecule has 3 rings (SSSR count). The van der Waals surface area contributed by atoms with E-state index in [1.54, 1.807) is 0 Å². The van der Waals surface area contributed by atoms with Gasteiger partial charge in [0.25, 0.3) is 0 Å².